The van der Waals surface area contributed by atoms with Crippen LogP contribution in [-0.4, -0.2) is 41.1 Å². The third-order valence-corrected chi connectivity index (χ3v) is 3.70. The lowest BCUT2D eigenvalue weighted by Gasteiger charge is -2.36. The quantitative estimate of drug-likeness (QED) is 0.795. The van der Waals surface area contributed by atoms with Crippen LogP contribution in [0.5, 0.6) is 0 Å². The molecule has 16 heavy (non-hydrogen) atoms. The van der Waals surface area contributed by atoms with E-state index in [0.29, 0.717) is 10.7 Å². The van der Waals surface area contributed by atoms with E-state index < -0.39 is 0 Å². The Kier molecular flexibility index (Phi) is 3.30. The molecule has 1 aliphatic rings. The molecule has 6 heteroatoms. The molecule has 0 saturated carbocycles. The molecule has 2 atom stereocenters. The van der Waals surface area contributed by atoms with Crippen LogP contribution in [-0.2, 0) is 11.8 Å². The zero-order valence-electron chi connectivity index (χ0n) is 9.93. The second-order valence-corrected chi connectivity index (χ2v) is 4.76. The van der Waals surface area contributed by atoms with Gasteiger partial charge in [-0.2, -0.15) is 0 Å². The fourth-order valence-corrected chi connectivity index (χ4v) is 2.27. The van der Waals surface area contributed by atoms with Crippen LogP contribution in [0.15, 0.2) is 0 Å². The van der Waals surface area contributed by atoms with Gasteiger partial charge in [-0.05, 0) is 24.6 Å². The van der Waals surface area contributed by atoms with Crippen molar-refractivity contribution in [3.63, 3.8) is 0 Å². The van der Waals surface area contributed by atoms with Crippen LogP contribution in [0.25, 0.3) is 0 Å². The SMILES string of the molecule is COC1CN(c2n[nH]c(=S)n2C)CCC1C. The molecule has 0 amide bonds. The van der Waals surface area contributed by atoms with Crippen molar-refractivity contribution in [3.05, 3.63) is 4.77 Å². The van der Waals surface area contributed by atoms with Crippen LogP contribution in [0.1, 0.15) is 13.3 Å². The summed E-state index contributed by atoms with van der Waals surface area (Å²) in [4.78, 5) is 2.22. The molecule has 1 aromatic heterocycles. The molecule has 1 aromatic rings. The maximum atomic E-state index is 5.49. The first-order valence-electron chi connectivity index (χ1n) is 5.52. The molecule has 1 fully saturated rings. The van der Waals surface area contributed by atoms with Crippen LogP contribution in [0.3, 0.4) is 0 Å². The molecule has 90 valence electrons. The number of nitrogens with zero attached hydrogens (tertiary/aromatic N) is 3. The van der Waals surface area contributed by atoms with Crippen molar-refractivity contribution in [1.29, 1.82) is 0 Å². The van der Waals surface area contributed by atoms with E-state index >= 15 is 0 Å². The highest BCUT2D eigenvalue weighted by atomic mass is 32.1. The predicted octanol–water partition coefficient (Wildman–Crippen LogP) is 1.34. The van der Waals surface area contributed by atoms with E-state index in [9.17, 15) is 0 Å². The molecule has 0 radical (unpaired) electrons. The maximum absolute atomic E-state index is 5.49. The minimum atomic E-state index is 0.277. The van der Waals surface area contributed by atoms with Gasteiger partial charge < -0.3 is 9.64 Å². The number of ether oxygens (including phenoxy) is 1. The Morgan fingerprint density at radius 3 is 2.88 bits per heavy atom. The Labute approximate surface area is 100 Å². The second kappa shape index (κ2) is 4.55. The van der Waals surface area contributed by atoms with Gasteiger partial charge >= 0.3 is 0 Å². The van der Waals surface area contributed by atoms with Crippen molar-refractivity contribution in [2.75, 3.05) is 25.1 Å². The summed E-state index contributed by atoms with van der Waals surface area (Å²) in [6, 6.07) is 0. The molecule has 0 aromatic carbocycles. The van der Waals surface area contributed by atoms with Gasteiger partial charge in [0.2, 0.25) is 5.95 Å². The number of aromatic amines is 1. The van der Waals surface area contributed by atoms with Crippen LogP contribution in [0.4, 0.5) is 5.95 Å². The molecule has 0 bridgehead atoms. The highest BCUT2D eigenvalue weighted by molar-refractivity contribution is 7.71. The first-order valence-corrected chi connectivity index (χ1v) is 5.93. The maximum Gasteiger partial charge on any atom is 0.225 e. The minimum absolute atomic E-state index is 0.277. The van der Waals surface area contributed by atoms with Crippen molar-refractivity contribution >= 4 is 18.2 Å². The van der Waals surface area contributed by atoms with Gasteiger partial charge in [0.05, 0.1) is 6.10 Å². The van der Waals surface area contributed by atoms with E-state index in [1.807, 2.05) is 11.6 Å². The zero-order valence-corrected chi connectivity index (χ0v) is 10.8. The molecule has 2 heterocycles. The lowest BCUT2D eigenvalue weighted by Crippen LogP contribution is -2.44. The molecule has 2 rings (SSSR count). The highest BCUT2D eigenvalue weighted by Gasteiger charge is 2.27. The van der Waals surface area contributed by atoms with Crippen LogP contribution < -0.4 is 4.90 Å². The van der Waals surface area contributed by atoms with Gasteiger partial charge in [0.1, 0.15) is 0 Å². The summed E-state index contributed by atoms with van der Waals surface area (Å²) in [5.74, 6) is 1.51. The Hall–Kier alpha value is -0.880. The molecule has 0 spiro atoms. The summed E-state index contributed by atoms with van der Waals surface area (Å²) in [6.45, 7) is 4.12. The Balaban J connectivity index is 2.17. The third kappa shape index (κ3) is 1.99. The summed E-state index contributed by atoms with van der Waals surface area (Å²) < 4.78 is 8.04. The van der Waals surface area contributed by atoms with Gasteiger partial charge in [-0.15, -0.1) is 5.10 Å². The first-order chi connectivity index (χ1) is 7.63. The summed E-state index contributed by atoms with van der Waals surface area (Å²) in [7, 11) is 3.70. The van der Waals surface area contributed by atoms with E-state index in [-0.39, 0.29) is 6.10 Å². The van der Waals surface area contributed by atoms with Crippen molar-refractivity contribution in [3.8, 4) is 0 Å². The smallest absolute Gasteiger partial charge is 0.225 e. The lowest BCUT2D eigenvalue weighted by atomic mass is 9.96. The average Bonchev–Trinajstić information content (AvgIpc) is 2.61. The van der Waals surface area contributed by atoms with Gasteiger partial charge in [-0.25, -0.2) is 5.10 Å². The van der Waals surface area contributed by atoms with Gasteiger partial charge in [0.15, 0.2) is 4.77 Å². The molecule has 1 N–H and O–H groups in total. The number of aromatic nitrogens is 3. The largest absolute Gasteiger partial charge is 0.379 e. The summed E-state index contributed by atoms with van der Waals surface area (Å²) in [5, 5.41) is 7.06. The van der Waals surface area contributed by atoms with E-state index in [1.54, 1.807) is 7.11 Å². The summed E-state index contributed by atoms with van der Waals surface area (Å²) in [5.41, 5.74) is 0. The van der Waals surface area contributed by atoms with E-state index in [1.165, 1.54) is 0 Å². The zero-order chi connectivity index (χ0) is 11.7. The van der Waals surface area contributed by atoms with Crippen LogP contribution in [0.2, 0.25) is 0 Å². The van der Waals surface area contributed by atoms with Gasteiger partial charge in [0.25, 0.3) is 0 Å². The standard InChI is InChI=1S/C10H18N4OS/c1-7-4-5-14(6-8(7)15-3)9-11-12-10(16)13(9)2/h7-8H,4-6H2,1-3H3,(H,12,16). The predicted molar refractivity (Wildman–Crippen MR) is 65.2 cm³/mol. The summed E-state index contributed by atoms with van der Waals surface area (Å²) in [6.07, 6.45) is 1.40. The molecule has 5 nitrogen and oxygen atoms in total. The molecular weight excluding hydrogens is 224 g/mol. The number of H-pyrrole nitrogens is 1. The lowest BCUT2D eigenvalue weighted by molar-refractivity contribution is 0.0493. The third-order valence-electron chi connectivity index (χ3n) is 3.33. The number of anilines is 1. The molecule has 1 saturated heterocycles. The number of methoxy groups -OCH3 is 1. The van der Waals surface area contributed by atoms with Crippen LogP contribution in [0, 0.1) is 10.7 Å². The number of rotatable bonds is 2. The van der Waals surface area contributed by atoms with Gasteiger partial charge in [0, 0.05) is 27.2 Å². The van der Waals surface area contributed by atoms with Crippen molar-refractivity contribution < 1.29 is 4.74 Å². The molecule has 1 aliphatic heterocycles. The van der Waals surface area contributed by atoms with E-state index in [0.717, 1.165) is 25.5 Å². The summed E-state index contributed by atoms with van der Waals surface area (Å²) >= 11 is 5.11. The van der Waals surface area contributed by atoms with Gasteiger partial charge in [-0.3, -0.25) is 4.57 Å². The Bertz CT molecular complexity index is 413. The monoisotopic (exact) mass is 242 g/mol. The Morgan fingerprint density at radius 2 is 2.31 bits per heavy atom. The van der Waals surface area contributed by atoms with Gasteiger partial charge in [-0.1, -0.05) is 6.92 Å². The van der Waals surface area contributed by atoms with E-state index in [4.69, 9.17) is 17.0 Å². The van der Waals surface area contributed by atoms with Crippen molar-refractivity contribution in [2.24, 2.45) is 13.0 Å². The second-order valence-electron chi connectivity index (χ2n) is 4.37. The fourth-order valence-electron chi connectivity index (χ4n) is 2.14. The van der Waals surface area contributed by atoms with E-state index in [2.05, 4.69) is 22.0 Å². The number of nitrogens with one attached hydrogen (secondary N) is 1. The van der Waals surface area contributed by atoms with Crippen LogP contribution >= 0.6 is 12.2 Å². The van der Waals surface area contributed by atoms with Crippen molar-refractivity contribution in [1.82, 2.24) is 14.8 Å². The first kappa shape index (κ1) is 11.6. The molecule has 0 aliphatic carbocycles. The average molecular weight is 242 g/mol. The highest BCUT2D eigenvalue weighted by Crippen LogP contribution is 2.22. The molecule has 2 unspecified atom stereocenters. The van der Waals surface area contributed by atoms with Crippen molar-refractivity contribution in [2.45, 2.75) is 19.4 Å². The minimum Gasteiger partial charge on any atom is -0.379 e. The topological polar surface area (TPSA) is 46.1 Å². The molecular formula is C10H18N4OS. The fraction of sp³-hybridized carbons (Fsp3) is 0.800. The number of piperidine rings is 1. The number of hydrogen-bond donors (Lipinski definition) is 1. The Morgan fingerprint density at radius 1 is 1.56 bits per heavy atom. The normalized spacial score (nSPS) is 26.1. The number of hydrogen-bond acceptors (Lipinski definition) is 4.